The molecule has 100 valence electrons. The second-order valence-electron chi connectivity index (χ2n) is 3.75. The van der Waals surface area contributed by atoms with E-state index in [4.69, 9.17) is 4.74 Å². The molecule has 0 aromatic carbocycles. The number of aliphatic hydroxyl groups is 2. The van der Waals surface area contributed by atoms with Crippen LogP contribution in [0.5, 0.6) is 5.88 Å². The number of rotatable bonds is 6. The summed E-state index contributed by atoms with van der Waals surface area (Å²) in [5, 5.41) is 19.7. The molecule has 0 spiro atoms. The van der Waals surface area contributed by atoms with Gasteiger partial charge in [-0.25, -0.2) is 4.98 Å². The minimum atomic E-state index is -1.08. The van der Waals surface area contributed by atoms with E-state index in [0.29, 0.717) is 23.7 Å². The van der Waals surface area contributed by atoms with Crippen molar-refractivity contribution in [2.45, 2.75) is 25.6 Å². The molecule has 0 bridgehead atoms. The van der Waals surface area contributed by atoms with Crippen molar-refractivity contribution in [2.24, 2.45) is 0 Å². The largest absolute Gasteiger partial charge is 0.481 e. The Labute approximate surface area is 110 Å². The summed E-state index contributed by atoms with van der Waals surface area (Å²) in [5.41, 5.74) is 0.356. The molecule has 2 unspecified atom stereocenters. The topological polar surface area (TPSA) is 79.6 Å². The molecule has 0 saturated carbocycles. The molecular weight excluding hydrogens is 254 g/mol. The lowest BCUT2D eigenvalue weighted by Gasteiger charge is -2.17. The van der Waals surface area contributed by atoms with Crippen molar-refractivity contribution in [1.82, 2.24) is 4.98 Å². The summed E-state index contributed by atoms with van der Waals surface area (Å²) < 4.78 is 4.94. The first-order valence-corrected chi connectivity index (χ1v) is 6.53. The van der Waals surface area contributed by atoms with E-state index in [-0.39, 0.29) is 5.12 Å². The SMILES string of the molecule is COc1cccc(C(O)C(O)CCSC(C)=O)n1. The number of aromatic nitrogens is 1. The number of nitrogens with zero attached hydrogens (tertiary/aromatic N) is 1. The second kappa shape index (κ2) is 7.35. The number of carbonyl (C=O) groups excluding carboxylic acids is 1. The van der Waals surface area contributed by atoms with Crippen molar-refractivity contribution in [1.29, 1.82) is 0 Å². The second-order valence-corrected chi connectivity index (χ2v) is 5.02. The van der Waals surface area contributed by atoms with Gasteiger partial charge in [0.05, 0.1) is 18.9 Å². The van der Waals surface area contributed by atoms with E-state index in [9.17, 15) is 15.0 Å². The van der Waals surface area contributed by atoms with Crippen molar-refractivity contribution >= 4 is 16.9 Å². The third-order valence-electron chi connectivity index (χ3n) is 2.34. The number of hydrogen-bond donors (Lipinski definition) is 2. The minimum absolute atomic E-state index is 0.00352. The Morgan fingerprint density at radius 2 is 2.22 bits per heavy atom. The summed E-state index contributed by atoms with van der Waals surface area (Å²) in [6.45, 7) is 1.47. The van der Waals surface area contributed by atoms with Crippen LogP contribution in [-0.4, -0.2) is 39.3 Å². The molecule has 2 atom stereocenters. The minimum Gasteiger partial charge on any atom is -0.481 e. The van der Waals surface area contributed by atoms with Crippen molar-refractivity contribution in [3.63, 3.8) is 0 Å². The van der Waals surface area contributed by atoms with Crippen LogP contribution >= 0.6 is 11.8 Å². The summed E-state index contributed by atoms with van der Waals surface area (Å²) in [6, 6.07) is 4.98. The average molecular weight is 271 g/mol. The fourth-order valence-corrected chi connectivity index (χ4v) is 2.03. The molecule has 1 heterocycles. The molecule has 18 heavy (non-hydrogen) atoms. The molecule has 0 amide bonds. The first kappa shape index (κ1) is 14.9. The molecule has 1 rings (SSSR count). The highest BCUT2D eigenvalue weighted by atomic mass is 32.2. The third kappa shape index (κ3) is 4.64. The summed E-state index contributed by atoms with van der Waals surface area (Å²) in [6.07, 6.45) is -1.70. The highest BCUT2D eigenvalue weighted by Gasteiger charge is 2.20. The molecule has 0 aliphatic heterocycles. The highest BCUT2D eigenvalue weighted by Crippen LogP contribution is 2.20. The molecule has 0 aliphatic rings. The number of hydrogen-bond acceptors (Lipinski definition) is 6. The van der Waals surface area contributed by atoms with Gasteiger partial charge in [0.1, 0.15) is 6.10 Å². The lowest BCUT2D eigenvalue weighted by atomic mass is 10.1. The van der Waals surface area contributed by atoms with Crippen molar-refractivity contribution in [2.75, 3.05) is 12.9 Å². The van der Waals surface area contributed by atoms with Gasteiger partial charge in [0.25, 0.3) is 0 Å². The Hall–Kier alpha value is -1.11. The molecule has 5 nitrogen and oxygen atoms in total. The van der Waals surface area contributed by atoms with E-state index in [0.717, 1.165) is 11.8 Å². The van der Waals surface area contributed by atoms with Gasteiger partial charge in [-0.05, 0) is 12.5 Å². The number of pyridine rings is 1. The van der Waals surface area contributed by atoms with Gasteiger partial charge in [0, 0.05) is 18.7 Å². The number of thioether (sulfide) groups is 1. The molecule has 2 N–H and O–H groups in total. The van der Waals surface area contributed by atoms with Crippen LogP contribution in [0.2, 0.25) is 0 Å². The number of ether oxygens (including phenoxy) is 1. The maximum atomic E-state index is 10.7. The van der Waals surface area contributed by atoms with Gasteiger partial charge in [-0.3, -0.25) is 4.79 Å². The fraction of sp³-hybridized carbons (Fsp3) is 0.500. The molecule has 0 aliphatic carbocycles. The number of aliphatic hydroxyl groups excluding tert-OH is 2. The molecule has 1 aromatic rings. The number of carbonyl (C=O) groups is 1. The maximum Gasteiger partial charge on any atom is 0.213 e. The zero-order valence-corrected chi connectivity index (χ0v) is 11.2. The van der Waals surface area contributed by atoms with E-state index in [1.54, 1.807) is 18.2 Å². The summed E-state index contributed by atoms with van der Waals surface area (Å²) >= 11 is 1.12. The monoisotopic (exact) mass is 271 g/mol. The molecular formula is C12H17NO4S. The summed E-state index contributed by atoms with van der Waals surface area (Å²) in [4.78, 5) is 14.8. The lowest BCUT2D eigenvalue weighted by Crippen LogP contribution is -2.20. The van der Waals surface area contributed by atoms with Gasteiger partial charge in [0.2, 0.25) is 5.88 Å². The van der Waals surface area contributed by atoms with Crippen LogP contribution in [0.1, 0.15) is 25.1 Å². The first-order chi connectivity index (χ1) is 8.54. The van der Waals surface area contributed by atoms with Crippen LogP contribution < -0.4 is 4.74 Å². The van der Waals surface area contributed by atoms with E-state index in [1.165, 1.54) is 14.0 Å². The normalized spacial score (nSPS) is 14.0. The van der Waals surface area contributed by atoms with E-state index < -0.39 is 12.2 Å². The molecule has 0 saturated heterocycles. The van der Waals surface area contributed by atoms with Crippen LogP contribution in [0.3, 0.4) is 0 Å². The van der Waals surface area contributed by atoms with Crippen molar-refractivity contribution in [3.05, 3.63) is 23.9 Å². The Kier molecular flexibility index (Phi) is 6.11. The van der Waals surface area contributed by atoms with Crippen LogP contribution in [-0.2, 0) is 4.79 Å². The van der Waals surface area contributed by atoms with E-state index >= 15 is 0 Å². The zero-order chi connectivity index (χ0) is 13.5. The summed E-state index contributed by atoms with van der Waals surface area (Å²) in [7, 11) is 1.48. The zero-order valence-electron chi connectivity index (χ0n) is 10.4. The fourth-order valence-electron chi connectivity index (χ4n) is 1.39. The molecule has 1 aromatic heterocycles. The van der Waals surface area contributed by atoms with Crippen molar-refractivity contribution < 1.29 is 19.7 Å². The average Bonchev–Trinajstić information content (AvgIpc) is 2.37. The van der Waals surface area contributed by atoms with Gasteiger partial charge in [-0.15, -0.1) is 0 Å². The van der Waals surface area contributed by atoms with Gasteiger partial charge in [0.15, 0.2) is 5.12 Å². The molecule has 6 heteroatoms. The molecule has 0 radical (unpaired) electrons. The van der Waals surface area contributed by atoms with E-state index in [2.05, 4.69) is 4.98 Å². The Morgan fingerprint density at radius 3 is 2.83 bits per heavy atom. The number of methoxy groups -OCH3 is 1. The third-order valence-corrected chi connectivity index (χ3v) is 3.19. The van der Waals surface area contributed by atoms with E-state index in [1.807, 2.05) is 0 Å². The Bertz CT molecular complexity index is 399. The van der Waals surface area contributed by atoms with Gasteiger partial charge in [-0.2, -0.15) is 0 Å². The quantitative estimate of drug-likeness (QED) is 0.808. The smallest absolute Gasteiger partial charge is 0.213 e. The first-order valence-electron chi connectivity index (χ1n) is 5.55. The van der Waals surface area contributed by atoms with Gasteiger partial charge >= 0.3 is 0 Å². The standard InChI is InChI=1S/C12H17NO4S/c1-8(14)18-7-6-10(15)12(16)9-4-3-5-11(13-9)17-2/h3-5,10,12,15-16H,6-7H2,1-2H3. The summed E-state index contributed by atoms with van der Waals surface area (Å²) in [5.74, 6) is 0.856. The van der Waals surface area contributed by atoms with Crippen LogP contribution in [0, 0.1) is 0 Å². The lowest BCUT2D eigenvalue weighted by molar-refractivity contribution is -0.109. The predicted molar refractivity (Wildman–Crippen MR) is 69.5 cm³/mol. The Balaban J connectivity index is 2.56. The van der Waals surface area contributed by atoms with Crippen LogP contribution in [0.25, 0.3) is 0 Å². The van der Waals surface area contributed by atoms with Crippen LogP contribution in [0.4, 0.5) is 0 Å². The van der Waals surface area contributed by atoms with Crippen LogP contribution in [0.15, 0.2) is 18.2 Å². The molecule has 0 fully saturated rings. The Morgan fingerprint density at radius 1 is 1.50 bits per heavy atom. The van der Waals surface area contributed by atoms with Crippen molar-refractivity contribution in [3.8, 4) is 5.88 Å². The maximum absolute atomic E-state index is 10.7. The highest BCUT2D eigenvalue weighted by molar-refractivity contribution is 8.13. The van der Waals surface area contributed by atoms with Gasteiger partial charge in [-0.1, -0.05) is 17.8 Å². The van der Waals surface area contributed by atoms with Gasteiger partial charge < -0.3 is 14.9 Å². The predicted octanol–water partition coefficient (Wildman–Crippen LogP) is 1.15.